The Morgan fingerprint density at radius 3 is 2.54 bits per heavy atom. The lowest BCUT2D eigenvalue weighted by Crippen LogP contribution is -2.34. The van der Waals surface area contributed by atoms with E-state index >= 15 is 0 Å². The molecule has 0 aromatic carbocycles. The van der Waals surface area contributed by atoms with E-state index in [9.17, 15) is 13.6 Å². The van der Waals surface area contributed by atoms with Gasteiger partial charge in [-0.1, -0.05) is 0 Å². The maximum atomic E-state index is 12.7. The number of hydrogen-bond acceptors (Lipinski definition) is 4. The van der Waals surface area contributed by atoms with Crippen LogP contribution in [0.15, 0.2) is 6.07 Å². The van der Waals surface area contributed by atoms with E-state index in [1.807, 2.05) is 0 Å². The summed E-state index contributed by atoms with van der Waals surface area (Å²) in [5, 5.41) is 17.2. The summed E-state index contributed by atoms with van der Waals surface area (Å²) in [5.74, 6) is -2.58. The second-order valence-electron chi connectivity index (χ2n) is 2.23. The quantitative estimate of drug-likeness (QED) is 0.348. The molecule has 0 aliphatic carbocycles. The van der Waals surface area contributed by atoms with Crippen LogP contribution >= 0.6 is 0 Å². The van der Waals surface area contributed by atoms with Crippen LogP contribution in [0.3, 0.4) is 0 Å². The molecule has 1 aromatic rings. The number of carbonyl (C=O) groups excluding carboxylic acids is 1. The van der Waals surface area contributed by atoms with E-state index in [-0.39, 0.29) is 6.29 Å². The van der Waals surface area contributed by atoms with Gasteiger partial charge < -0.3 is 10.0 Å². The molecule has 7 heteroatoms. The van der Waals surface area contributed by atoms with Gasteiger partial charge in [-0.3, -0.25) is 4.79 Å². The Morgan fingerprint density at radius 2 is 2.08 bits per heavy atom. The Hall–Kier alpha value is -1.34. The summed E-state index contributed by atoms with van der Waals surface area (Å²) in [7, 11) is -2.10. The first-order chi connectivity index (χ1) is 6.06. The number of halogens is 2. The molecule has 0 amide bonds. The summed E-state index contributed by atoms with van der Waals surface area (Å²) >= 11 is 0. The molecule has 1 rings (SSSR count). The van der Waals surface area contributed by atoms with Crippen LogP contribution in [0.5, 0.6) is 0 Å². The van der Waals surface area contributed by atoms with Crippen LogP contribution in [-0.4, -0.2) is 28.4 Å². The van der Waals surface area contributed by atoms with Gasteiger partial charge in [-0.2, -0.15) is 13.8 Å². The summed E-state index contributed by atoms with van der Waals surface area (Å²) in [6, 6.07) is 0.581. The number of carbonyl (C=O) groups is 1. The van der Waals surface area contributed by atoms with Crippen molar-refractivity contribution < 1.29 is 23.6 Å². The number of pyridine rings is 1. The van der Waals surface area contributed by atoms with Crippen molar-refractivity contribution in [2.75, 3.05) is 0 Å². The fraction of sp³-hybridized carbons (Fsp3) is 0. The summed E-state index contributed by atoms with van der Waals surface area (Å²) in [5.41, 5.74) is -1.20. The molecule has 0 unspecified atom stereocenters. The van der Waals surface area contributed by atoms with Crippen LogP contribution in [0.2, 0.25) is 0 Å². The van der Waals surface area contributed by atoms with Gasteiger partial charge in [0, 0.05) is 5.46 Å². The van der Waals surface area contributed by atoms with Crippen LogP contribution in [0.4, 0.5) is 8.78 Å². The fourth-order valence-corrected chi connectivity index (χ4v) is 0.842. The second-order valence-corrected chi connectivity index (χ2v) is 2.23. The molecular formula is C6H4BF2NO3. The molecule has 1 aromatic heterocycles. The monoisotopic (exact) mass is 187 g/mol. The maximum absolute atomic E-state index is 12.7. The van der Waals surface area contributed by atoms with Gasteiger partial charge in [-0.25, -0.2) is 0 Å². The Kier molecular flexibility index (Phi) is 2.69. The molecule has 1 heterocycles. The van der Waals surface area contributed by atoms with Crippen molar-refractivity contribution in [2.24, 2.45) is 0 Å². The highest BCUT2D eigenvalue weighted by molar-refractivity contribution is 6.60. The fourth-order valence-electron chi connectivity index (χ4n) is 0.842. The lowest BCUT2D eigenvalue weighted by atomic mass is 9.78. The SMILES string of the molecule is O=Cc1c(B(O)O)cc(F)nc1F. The third-order valence-electron chi connectivity index (χ3n) is 1.41. The lowest BCUT2D eigenvalue weighted by molar-refractivity contribution is 0.111. The Bertz CT molecular complexity index is 345. The second kappa shape index (κ2) is 3.59. The van der Waals surface area contributed by atoms with Crippen LogP contribution in [0.1, 0.15) is 10.4 Å². The zero-order valence-corrected chi connectivity index (χ0v) is 6.24. The summed E-state index contributed by atoms with van der Waals surface area (Å²) in [6.07, 6.45) is 0.0382. The Labute approximate surface area is 72.0 Å². The molecule has 0 atom stereocenters. The lowest BCUT2D eigenvalue weighted by Gasteiger charge is -2.03. The summed E-state index contributed by atoms with van der Waals surface area (Å²) in [4.78, 5) is 12.9. The zero-order valence-electron chi connectivity index (χ0n) is 6.24. The van der Waals surface area contributed by atoms with E-state index in [2.05, 4.69) is 4.98 Å². The Balaban J connectivity index is 3.38. The van der Waals surface area contributed by atoms with Gasteiger partial charge >= 0.3 is 7.12 Å². The molecule has 68 valence electrons. The highest BCUT2D eigenvalue weighted by Gasteiger charge is 2.21. The van der Waals surface area contributed by atoms with Crippen molar-refractivity contribution in [3.8, 4) is 0 Å². The minimum atomic E-state index is -2.10. The number of aromatic nitrogens is 1. The van der Waals surface area contributed by atoms with E-state index in [4.69, 9.17) is 10.0 Å². The molecule has 0 aliphatic heterocycles. The molecule has 0 fully saturated rings. The first-order valence-corrected chi connectivity index (χ1v) is 3.23. The number of hydrogen-bond donors (Lipinski definition) is 2. The first-order valence-electron chi connectivity index (χ1n) is 3.23. The van der Waals surface area contributed by atoms with E-state index in [0.29, 0.717) is 6.07 Å². The Morgan fingerprint density at radius 1 is 1.46 bits per heavy atom. The average molecular weight is 187 g/mol. The van der Waals surface area contributed by atoms with Crippen LogP contribution in [0.25, 0.3) is 0 Å². The third-order valence-corrected chi connectivity index (χ3v) is 1.41. The molecule has 0 radical (unpaired) electrons. The van der Waals surface area contributed by atoms with Crippen molar-refractivity contribution in [1.82, 2.24) is 4.98 Å². The normalized spacial score (nSPS) is 9.85. The summed E-state index contributed by atoms with van der Waals surface area (Å²) in [6.45, 7) is 0. The minimum Gasteiger partial charge on any atom is -0.423 e. The van der Waals surface area contributed by atoms with Gasteiger partial charge in [0.25, 0.3) is 0 Å². The molecule has 0 saturated carbocycles. The van der Waals surface area contributed by atoms with Crippen molar-refractivity contribution in [1.29, 1.82) is 0 Å². The largest absolute Gasteiger partial charge is 0.489 e. The van der Waals surface area contributed by atoms with E-state index < -0.39 is 30.0 Å². The zero-order chi connectivity index (χ0) is 10.0. The van der Waals surface area contributed by atoms with Crippen LogP contribution < -0.4 is 5.46 Å². The molecule has 0 saturated heterocycles. The standard InChI is InChI=1S/C6H4BF2NO3/c8-5-1-4(7(12)13)3(2-11)6(9)10-5/h1-2,12-13H. The average Bonchev–Trinajstić information content (AvgIpc) is 2.02. The van der Waals surface area contributed by atoms with Crippen molar-refractivity contribution in [2.45, 2.75) is 0 Å². The third kappa shape index (κ3) is 1.88. The predicted molar refractivity (Wildman–Crippen MR) is 39.4 cm³/mol. The van der Waals surface area contributed by atoms with Gasteiger partial charge in [0.2, 0.25) is 11.9 Å². The molecule has 4 nitrogen and oxygen atoms in total. The number of aldehydes is 1. The molecule has 0 aliphatic rings. The maximum Gasteiger partial charge on any atom is 0.489 e. The van der Waals surface area contributed by atoms with Crippen LogP contribution in [-0.2, 0) is 0 Å². The molecule has 0 bridgehead atoms. The summed E-state index contributed by atoms with van der Waals surface area (Å²) < 4.78 is 25.1. The van der Waals surface area contributed by atoms with E-state index in [1.54, 1.807) is 0 Å². The minimum absolute atomic E-state index is 0.0382. The molecular weight excluding hydrogens is 183 g/mol. The highest BCUT2D eigenvalue weighted by Crippen LogP contribution is 2.01. The number of nitrogens with zero attached hydrogens (tertiary/aromatic N) is 1. The topological polar surface area (TPSA) is 70.4 Å². The molecule has 2 N–H and O–H groups in total. The highest BCUT2D eigenvalue weighted by atomic mass is 19.1. The predicted octanol–water partition coefficient (Wildman–Crippen LogP) is -1.15. The van der Waals surface area contributed by atoms with Crippen molar-refractivity contribution in [3.05, 3.63) is 23.5 Å². The van der Waals surface area contributed by atoms with Gasteiger partial charge in [-0.05, 0) is 6.07 Å². The number of rotatable bonds is 2. The smallest absolute Gasteiger partial charge is 0.423 e. The van der Waals surface area contributed by atoms with Gasteiger partial charge in [0.15, 0.2) is 6.29 Å². The van der Waals surface area contributed by atoms with Crippen LogP contribution in [0, 0.1) is 11.9 Å². The molecule has 13 heavy (non-hydrogen) atoms. The van der Waals surface area contributed by atoms with Gasteiger partial charge in [0.1, 0.15) is 0 Å². The van der Waals surface area contributed by atoms with Gasteiger partial charge in [0.05, 0.1) is 5.56 Å². The van der Waals surface area contributed by atoms with E-state index in [1.165, 1.54) is 0 Å². The molecule has 0 spiro atoms. The first kappa shape index (κ1) is 9.75. The van der Waals surface area contributed by atoms with Crippen molar-refractivity contribution in [3.63, 3.8) is 0 Å². The van der Waals surface area contributed by atoms with Crippen molar-refractivity contribution >= 4 is 18.9 Å². The van der Waals surface area contributed by atoms with E-state index in [0.717, 1.165) is 0 Å². The van der Waals surface area contributed by atoms with Gasteiger partial charge in [-0.15, -0.1) is 0 Å².